The fourth-order valence-corrected chi connectivity index (χ4v) is 1.88. The number of rotatable bonds is 4. The summed E-state index contributed by atoms with van der Waals surface area (Å²) in [5.74, 6) is 0.000316. The largest absolute Gasteiger partial charge is 0.467 e. The average molecular weight is 312 g/mol. The Morgan fingerprint density at radius 3 is 2.80 bits per heavy atom. The number of hydrogen-bond donors (Lipinski definition) is 1. The Bertz CT molecular complexity index is 635. The van der Waals surface area contributed by atoms with E-state index >= 15 is 0 Å². The highest BCUT2D eigenvalue weighted by molar-refractivity contribution is 6.36. The predicted octanol–water partition coefficient (Wildman–Crippen LogP) is 3.11. The molecule has 5 nitrogen and oxygen atoms in total. The molecule has 0 saturated heterocycles. The lowest BCUT2D eigenvalue weighted by atomic mass is 10.3. The molecular weight excluding hydrogens is 301 g/mol. The fraction of sp³-hybridized carbons (Fsp3) is 0.154. The maximum atomic E-state index is 11.7. The van der Waals surface area contributed by atoms with Crippen LogP contribution in [0.4, 0.5) is 5.69 Å². The summed E-state index contributed by atoms with van der Waals surface area (Å²) in [4.78, 5) is 19.6. The summed E-state index contributed by atoms with van der Waals surface area (Å²) in [6, 6.07) is 6.45. The van der Waals surface area contributed by atoms with E-state index in [2.05, 4.69) is 15.3 Å². The number of aromatic nitrogens is 2. The van der Waals surface area contributed by atoms with E-state index in [-0.39, 0.29) is 12.5 Å². The van der Waals surface area contributed by atoms with Crippen LogP contribution in [0.1, 0.15) is 5.69 Å². The first-order valence-electron chi connectivity index (χ1n) is 5.71. The highest BCUT2D eigenvalue weighted by Crippen LogP contribution is 2.25. The van der Waals surface area contributed by atoms with Crippen LogP contribution in [0.25, 0.3) is 0 Å². The monoisotopic (exact) mass is 311 g/mol. The van der Waals surface area contributed by atoms with Crippen molar-refractivity contribution in [1.82, 2.24) is 9.97 Å². The van der Waals surface area contributed by atoms with Gasteiger partial charge in [0.15, 0.2) is 6.61 Å². The van der Waals surface area contributed by atoms with Gasteiger partial charge in [0.1, 0.15) is 6.33 Å². The fourth-order valence-electron chi connectivity index (χ4n) is 1.43. The minimum atomic E-state index is -0.342. The minimum Gasteiger partial charge on any atom is -0.467 e. The second-order valence-corrected chi connectivity index (χ2v) is 4.80. The number of nitrogens with one attached hydrogen (secondary N) is 1. The maximum absolute atomic E-state index is 11.7. The Morgan fingerprint density at radius 2 is 2.10 bits per heavy atom. The highest BCUT2D eigenvalue weighted by atomic mass is 35.5. The lowest BCUT2D eigenvalue weighted by molar-refractivity contribution is -0.118. The van der Waals surface area contributed by atoms with E-state index in [9.17, 15) is 4.79 Å². The third-order valence-electron chi connectivity index (χ3n) is 2.34. The van der Waals surface area contributed by atoms with Crippen molar-refractivity contribution >= 4 is 34.8 Å². The lowest BCUT2D eigenvalue weighted by Crippen LogP contribution is -2.20. The molecule has 0 aliphatic rings. The molecule has 0 bridgehead atoms. The van der Waals surface area contributed by atoms with Gasteiger partial charge in [-0.2, -0.15) is 0 Å². The van der Waals surface area contributed by atoms with Crippen LogP contribution >= 0.6 is 23.2 Å². The third kappa shape index (κ3) is 4.08. The second-order valence-electron chi connectivity index (χ2n) is 3.96. The van der Waals surface area contributed by atoms with Crippen molar-refractivity contribution in [3.05, 3.63) is 46.3 Å². The lowest BCUT2D eigenvalue weighted by Gasteiger charge is -2.08. The highest BCUT2D eigenvalue weighted by Gasteiger charge is 2.07. The number of anilines is 1. The first kappa shape index (κ1) is 14.6. The molecule has 2 rings (SSSR count). The molecule has 1 aromatic carbocycles. The molecule has 0 aliphatic carbocycles. The minimum absolute atomic E-state index is 0.171. The van der Waals surface area contributed by atoms with Gasteiger partial charge in [-0.05, 0) is 25.1 Å². The summed E-state index contributed by atoms with van der Waals surface area (Å²) in [5.41, 5.74) is 1.24. The smallest absolute Gasteiger partial charge is 0.262 e. The Balaban J connectivity index is 1.92. The molecule has 1 N–H and O–H groups in total. The summed E-state index contributed by atoms with van der Waals surface area (Å²) in [6.45, 7) is 1.64. The Kier molecular flexibility index (Phi) is 4.76. The summed E-state index contributed by atoms with van der Waals surface area (Å²) in [6.07, 6.45) is 1.37. The summed E-state index contributed by atoms with van der Waals surface area (Å²) < 4.78 is 5.25. The molecule has 0 spiro atoms. The second kappa shape index (κ2) is 6.54. The number of nitrogens with zero attached hydrogens (tertiary/aromatic N) is 2. The van der Waals surface area contributed by atoms with Crippen LogP contribution in [0.2, 0.25) is 10.0 Å². The van der Waals surface area contributed by atoms with Crippen LogP contribution in [0.5, 0.6) is 5.88 Å². The molecule has 2 aromatic rings. The van der Waals surface area contributed by atoms with Gasteiger partial charge in [-0.3, -0.25) is 4.79 Å². The first-order valence-corrected chi connectivity index (χ1v) is 6.46. The van der Waals surface area contributed by atoms with Gasteiger partial charge in [-0.15, -0.1) is 0 Å². The van der Waals surface area contributed by atoms with Crippen molar-refractivity contribution in [3.63, 3.8) is 0 Å². The van der Waals surface area contributed by atoms with Crippen LogP contribution in [0, 0.1) is 6.92 Å². The van der Waals surface area contributed by atoms with Crippen LogP contribution in [-0.2, 0) is 4.79 Å². The van der Waals surface area contributed by atoms with Crippen molar-refractivity contribution in [2.75, 3.05) is 11.9 Å². The van der Waals surface area contributed by atoms with Crippen molar-refractivity contribution in [2.45, 2.75) is 6.92 Å². The molecule has 104 valence electrons. The van der Waals surface area contributed by atoms with E-state index in [0.29, 0.717) is 21.6 Å². The van der Waals surface area contributed by atoms with Crippen LogP contribution < -0.4 is 10.1 Å². The number of ether oxygens (including phenoxy) is 1. The number of carbonyl (C=O) groups excluding carboxylic acids is 1. The SMILES string of the molecule is Cc1cc(OCC(=O)Nc2ccc(Cl)cc2Cl)ncn1. The summed E-state index contributed by atoms with van der Waals surface area (Å²) in [5, 5.41) is 3.49. The van der Waals surface area contributed by atoms with Crippen LogP contribution in [0.15, 0.2) is 30.6 Å². The van der Waals surface area contributed by atoms with Gasteiger partial charge in [0.05, 0.1) is 10.7 Å². The number of aryl methyl sites for hydroxylation is 1. The van der Waals surface area contributed by atoms with E-state index in [0.717, 1.165) is 5.69 Å². The zero-order chi connectivity index (χ0) is 14.5. The molecular formula is C13H11Cl2N3O2. The van der Waals surface area contributed by atoms with Crippen LogP contribution in [0.3, 0.4) is 0 Å². The topological polar surface area (TPSA) is 64.1 Å². The molecule has 0 radical (unpaired) electrons. The number of amides is 1. The van der Waals surface area contributed by atoms with Gasteiger partial charge < -0.3 is 10.1 Å². The van der Waals surface area contributed by atoms with Gasteiger partial charge in [-0.25, -0.2) is 9.97 Å². The molecule has 0 unspecified atom stereocenters. The van der Waals surface area contributed by atoms with Crippen LogP contribution in [-0.4, -0.2) is 22.5 Å². The zero-order valence-corrected chi connectivity index (χ0v) is 12.1. The summed E-state index contributed by atoms with van der Waals surface area (Å²) in [7, 11) is 0. The maximum Gasteiger partial charge on any atom is 0.262 e. The Hall–Kier alpha value is -1.85. The molecule has 0 aliphatic heterocycles. The average Bonchev–Trinajstić information content (AvgIpc) is 2.40. The van der Waals surface area contributed by atoms with Gasteiger partial charge in [0.25, 0.3) is 5.91 Å². The molecule has 1 heterocycles. The normalized spacial score (nSPS) is 10.2. The molecule has 1 aromatic heterocycles. The molecule has 20 heavy (non-hydrogen) atoms. The van der Waals surface area contributed by atoms with E-state index in [1.807, 2.05) is 6.92 Å². The summed E-state index contributed by atoms with van der Waals surface area (Å²) >= 11 is 11.7. The number of halogens is 2. The first-order chi connectivity index (χ1) is 9.54. The van der Waals surface area contributed by atoms with Gasteiger partial charge >= 0.3 is 0 Å². The van der Waals surface area contributed by atoms with E-state index in [4.69, 9.17) is 27.9 Å². The molecule has 1 amide bonds. The number of hydrogen-bond acceptors (Lipinski definition) is 4. The standard InChI is InChI=1S/C13H11Cl2N3O2/c1-8-4-13(17-7-16-8)20-6-12(19)18-11-3-2-9(14)5-10(11)15/h2-5,7H,6H2,1H3,(H,18,19). The predicted molar refractivity (Wildman–Crippen MR) is 77.4 cm³/mol. The molecule has 0 fully saturated rings. The molecule has 0 saturated carbocycles. The van der Waals surface area contributed by atoms with Crippen molar-refractivity contribution in [1.29, 1.82) is 0 Å². The number of benzene rings is 1. The van der Waals surface area contributed by atoms with Gasteiger partial charge in [0, 0.05) is 16.8 Å². The third-order valence-corrected chi connectivity index (χ3v) is 2.88. The Morgan fingerprint density at radius 1 is 1.30 bits per heavy atom. The Labute approximate surface area is 125 Å². The van der Waals surface area contributed by atoms with E-state index < -0.39 is 0 Å². The van der Waals surface area contributed by atoms with E-state index in [1.54, 1.807) is 24.3 Å². The number of carbonyl (C=O) groups is 1. The van der Waals surface area contributed by atoms with E-state index in [1.165, 1.54) is 6.33 Å². The molecule has 7 heteroatoms. The van der Waals surface area contributed by atoms with Crippen molar-refractivity contribution in [2.24, 2.45) is 0 Å². The zero-order valence-electron chi connectivity index (χ0n) is 10.6. The quantitative estimate of drug-likeness (QED) is 0.942. The molecule has 0 atom stereocenters. The van der Waals surface area contributed by atoms with Crippen molar-refractivity contribution in [3.8, 4) is 5.88 Å². The van der Waals surface area contributed by atoms with Crippen molar-refractivity contribution < 1.29 is 9.53 Å². The van der Waals surface area contributed by atoms with Gasteiger partial charge in [-0.1, -0.05) is 23.2 Å². The van der Waals surface area contributed by atoms with Gasteiger partial charge in [0.2, 0.25) is 5.88 Å².